The highest BCUT2D eigenvalue weighted by Gasteiger charge is 2.28. The summed E-state index contributed by atoms with van der Waals surface area (Å²) in [5.41, 5.74) is 5.55. The van der Waals surface area contributed by atoms with Crippen LogP contribution in [0, 0.1) is 0 Å². The van der Waals surface area contributed by atoms with Crippen molar-refractivity contribution in [2.75, 3.05) is 26.8 Å². The molecule has 1 unspecified atom stereocenters. The Balaban J connectivity index is 2.11. The zero-order valence-electron chi connectivity index (χ0n) is 9.92. The maximum Gasteiger partial charge on any atom is 0.267 e. The molecule has 2 N–H and O–H groups in total. The van der Waals surface area contributed by atoms with Crippen LogP contribution in [-0.2, 0) is 4.74 Å². The lowest BCUT2D eigenvalue weighted by Gasteiger charge is -2.32. The van der Waals surface area contributed by atoms with Crippen molar-refractivity contribution >= 4 is 34.5 Å². The smallest absolute Gasteiger partial charge is 0.267 e. The van der Waals surface area contributed by atoms with Crippen molar-refractivity contribution < 1.29 is 14.3 Å². The number of morpholine rings is 1. The number of nitrogens with zero attached hydrogens (tertiary/aromatic N) is 1. The Bertz CT molecular complexity index is 461. The van der Waals surface area contributed by atoms with Crippen LogP contribution < -0.4 is 10.5 Å². The van der Waals surface area contributed by atoms with Crippen LogP contribution in [0.15, 0.2) is 11.4 Å². The van der Waals surface area contributed by atoms with Crippen LogP contribution in [0.5, 0.6) is 5.75 Å². The zero-order chi connectivity index (χ0) is 13.1. The molecule has 5 nitrogen and oxygen atoms in total. The van der Waals surface area contributed by atoms with Gasteiger partial charge in [0.15, 0.2) is 0 Å². The summed E-state index contributed by atoms with van der Waals surface area (Å²) in [7, 11) is 1.55. The molecule has 0 radical (unpaired) electrons. The first-order chi connectivity index (χ1) is 8.63. The summed E-state index contributed by atoms with van der Waals surface area (Å²) >= 11 is 6.26. The fourth-order valence-electron chi connectivity index (χ4n) is 1.76. The van der Waals surface area contributed by atoms with Gasteiger partial charge in [0.05, 0.1) is 20.3 Å². The predicted octanol–water partition coefficient (Wildman–Crippen LogP) is 0.884. The van der Waals surface area contributed by atoms with Crippen LogP contribution in [0.2, 0.25) is 0 Å². The molecule has 1 fully saturated rings. The third-order valence-electron chi connectivity index (χ3n) is 2.71. The Hall–Kier alpha value is -1.18. The molecule has 0 aliphatic carbocycles. The van der Waals surface area contributed by atoms with E-state index in [2.05, 4.69) is 0 Å². The van der Waals surface area contributed by atoms with Crippen LogP contribution in [0.3, 0.4) is 0 Å². The van der Waals surface area contributed by atoms with Gasteiger partial charge in [-0.3, -0.25) is 4.79 Å². The minimum atomic E-state index is -0.358. The zero-order valence-corrected chi connectivity index (χ0v) is 11.6. The number of amides is 1. The first kappa shape index (κ1) is 13.3. The molecule has 1 aliphatic heterocycles. The van der Waals surface area contributed by atoms with Gasteiger partial charge in [-0.25, -0.2) is 0 Å². The summed E-state index contributed by atoms with van der Waals surface area (Å²) in [6.45, 7) is 1.38. The topological polar surface area (TPSA) is 64.8 Å². The van der Waals surface area contributed by atoms with Crippen LogP contribution in [-0.4, -0.2) is 48.7 Å². The normalized spacial score (nSPS) is 19.6. The third kappa shape index (κ3) is 2.63. The lowest BCUT2D eigenvalue weighted by atomic mass is 10.2. The van der Waals surface area contributed by atoms with Gasteiger partial charge in [0.25, 0.3) is 5.91 Å². The SMILES string of the molecule is COc1ccsc1C(=O)N1CCOC(C(N)=S)C1. The summed E-state index contributed by atoms with van der Waals surface area (Å²) in [6.07, 6.45) is -0.358. The summed E-state index contributed by atoms with van der Waals surface area (Å²) in [5, 5.41) is 1.83. The molecule has 98 valence electrons. The summed E-state index contributed by atoms with van der Waals surface area (Å²) in [5.74, 6) is 0.537. The summed E-state index contributed by atoms with van der Waals surface area (Å²) < 4.78 is 10.6. The average Bonchev–Trinajstić information content (AvgIpc) is 2.86. The van der Waals surface area contributed by atoms with E-state index in [1.807, 2.05) is 5.38 Å². The van der Waals surface area contributed by atoms with Gasteiger partial charge in [-0.15, -0.1) is 11.3 Å². The van der Waals surface area contributed by atoms with Gasteiger partial charge in [0, 0.05) is 6.54 Å². The molecule has 0 aromatic carbocycles. The maximum atomic E-state index is 12.3. The largest absolute Gasteiger partial charge is 0.495 e. The monoisotopic (exact) mass is 286 g/mol. The van der Waals surface area contributed by atoms with E-state index in [-0.39, 0.29) is 17.0 Å². The fraction of sp³-hybridized carbons (Fsp3) is 0.455. The van der Waals surface area contributed by atoms with Gasteiger partial charge in [-0.1, -0.05) is 12.2 Å². The number of thiophene rings is 1. The number of thiocarbonyl (C=S) groups is 1. The molecule has 0 saturated carbocycles. The van der Waals surface area contributed by atoms with E-state index in [4.69, 9.17) is 27.4 Å². The van der Waals surface area contributed by atoms with Crippen LogP contribution in [0.4, 0.5) is 0 Å². The molecule has 1 aromatic rings. The molecule has 1 saturated heterocycles. The quantitative estimate of drug-likeness (QED) is 0.836. The summed E-state index contributed by atoms with van der Waals surface area (Å²) in [6, 6.07) is 1.78. The molecule has 18 heavy (non-hydrogen) atoms. The Labute approximate surface area is 114 Å². The number of ether oxygens (including phenoxy) is 2. The van der Waals surface area contributed by atoms with Crippen molar-refractivity contribution in [1.82, 2.24) is 4.90 Å². The van der Waals surface area contributed by atoms with Gasteiger partial charge in [0.2, 0.25) is 0 Å². The minimum absolute atomic E-state index is 0.0635. The number of methoxy groups -OCH3 is 1. The van der Waals surface area contributed by atoms with Crippen molar-refractivity contribution in [3.05, 3.63) is 16.3 Å². The predicted molar refractivity (Wildman–Crippen MR) is 73.3 cm³/mol. The van der Waals surface area contributed by atoms with E-state index in [1.54, 1.807) is 18.1 Å². The number of hydrogen-bond acceptors (Lipinski definition) is 5. The van der Waals surface area contributed by atoms with E-state index in [9.17, 15) is 4.79 Å². The van der Waals surface area contributed by atoms with Crippen molar-refractivity contribution in [3.8, 4) is 5.75 Å². The molecule has 1 aromatic heterocycles. The first-order valence-electron chi connectivity index (χ1n) is 5.45. The Kier molecular flexibility index (Phi) is 4.15. The van der Waals surface area contributed by atoms with Gasteiger partial charge < -0.3 is 20.1 Å². The standard InChI is InChI=1S/C11H14N2O3S2/c1-15-7-2-5-18-9(7)11(14)13-3-4-16-8(6-13)10(12)17/h2,5,8H,3-4,6H2,1H3,(H2,12,17). The second-order valence-electron chi connectivity index (χ2n) is 3.83. The number of carbonyl (C=O) groups excluding carboxylic acids is 1. The average molecular weight is 286 g/mol. The van der Waals surface area contributed by atoms with Crippen LogP contribution in [0.1, 0.15) is 9.67 Å². The second-order valence-corrected chi connectivity index (χ2v) is 5.22. The van der Waals surface area contributed by atoms with Gasteiger partial charge >= 0.3 is 0 Å². The molecule has 2 rings (SSSR count). The first-order valence-corrected chi connectivity index (χ1v) is 6.74. The van der Waals surface area contributed by atoms with Crippen molar-refractivity contribution in [2.45, 2.75) is 6.10 Å². The third-order valence-corrected chi connectivity index (χ3v) is 3.86. The van der Waals surface area contributed by atoms with Gasteiger partial charge in [-0.2, -0.15) is 0 Å². The lowest BCUT2D eigenvalue weighted by molar-refractivity contribution is 0.00890. The molecular weight excluding hydrogens is 272 g/mol. The number of carbonyl (C=O) groups is 1. The van der Waals surface area contributed by atoms with E-state index in [0.717, 1.165) is 0 Å². The van der Waals surface area contributed by atoms with Crippen molar-refractivity contribution in [3.63, 3.8) is 0 Å². The highest BCUT2D eigenvalue weighted by Crippen LogP contribution is 2.26. The Morgan fingerprint density at radius 1 is 1.72 bits per heavy atom. The number of hydrogen-bond donors (Lipinski definition) is 1. The fourth-order valence-corrected chi connectivity index (χ4v) is 2.73. The molecule has 1 aliphatic rings. The maximum absolute atomic E-state index is 12.3. The Morgan fingerprint density at radius 3 is 3.17 bits per heavy atom. The van der Waals surface area contributed by atoms with Crippen molar-refractivity contribution in [1.29, 1.82) is 0 Å². The minimum Gasteiger partial charge on any atom is -0.495 e. The molecule has 1 amide bonds. The van der Waals surface area contributed by atoms with Crippen LogP contribution in [0.25, 0.3) is 0 Å². The van der Waals surface area contributed by atoms with E-state index >= 15 is 0 Å². The van der Waals surface area contributed by atoms with Gasteiger partial charge in [-0.05, 0) is 11.4 Å². The lowest BCUT2D eigenvalue weighted by Crippen LogP contribution is -2.49. The van der Waals surface area contributed by atoms with E-state index < -0.39 is 0 Å². The van der Waals surface area contributed by atoms with E-state index in [1.165, 1.54) is 11.3 Å². The molecule has 7 heteroatoms. The van der Waals surface area contributed by atoms with Crippen molar-refractivity contribution in [2.24, 2.45) is 5.73 Å². The molecule has 2 heterocycles. The molecule has 0 spiro atoms. The number of rotatable bonds is 3. The Morgan fingerprint density at radius 2 is 2.50 bits per heavy atom. The van der Waals surface area contributed by atoms with E-state index in [0.29, 0.717) is 30.3 Å². The number of nitrogens with two attached hydrogens (primary N) is 1. The summed E-state index contributed by atoms with van der Waals surface area (Å²) in [4.78, 5) is 14.9. The second kappa shape index (κ2) is 5.64. The molecule has 0 bridgehead atoms. The van der Waals surface area contributed by atoms with Gasteiger partial charge in [0.1, 0.15) is 21.7 Å². The molecule has 1 atom stereocenters. The highest BCUT2D eigenvalue weighted by molar-refractivity contribution is 7.80. The molecular formula is C11H14N2O3S2. The highest BCUT2D eigenvalue weighted by atomic mass is 32.1. The van der Waals surface area contributed by atoms with Crippen LogP contribution >= 0.6 is 23.6 Å².